The molecule has 1 aliphatic heterocycles. The van der Waals surface area contributed by atoms with E-state index in [0.29, 0.717) is 0 Å². The zero-order valence-electron chi connectivity index (χ0n) is 11.2. The Kier molecular flexibility index (Phi) is 4.19. The van der Waals surface area contributed by atoms with E-state index in [2.05, 4.69) is 4.72 Å². The Balaban J connectivity index is 2.25. The zero-order valence-corrected chi connectivity index (χ0v) is 12.9. The van der Waals surface area contributed by atoms with Crippen LogP contribution in [-0.2, 0) is 24.6 Å². The second-order valence-electron chi connectivity index (χ2n) is 4.90. The molecule has 1 aromatic carbocycles. The van der Waals surface area contributed by atoms with E-state index in [4.69, 9.17) is 4.74 Å². The minimum absolute atomic E-state index is 0.122. The molecule has 1 aliphatic rings. The van der Waals surface area contributed by atoms with Gasteiger partial charge < -0.3 is 4.74 Å². The number of methoxy groups -OCH3 is 1. The first-order valence-electron chi connectivity index (χ1n) is 6.06. The van der Waals surface area contributed by atoms with Crippen LogP contribution in [0.25, 0.3) is 0 Å². The second-order valence-corrected chi connectivity index (χ2v) is 8.76. The van der Waals surface area contributed by atoms with Crippen LogP contribution in [0.15, 0.2) is 29.2 Å². The maximum atomic E-state index is 12.3. The van der Waals surface area contributed by atoms with E-state index in [1.165, 1.54) is 19.2 Å². The summed E-state index contributed by atoms with van der Waals surface area (Å²) in [6.07, 6.45) is -0.653. The molecule has 8 heteroatoms. The van der Waals surface area contributed by atoms with Crippen LogP contribution in [0.2, 0.25) is 0 Å². The van der Waals surface area contributed by atoms with Crippen LogP contribution in [0.4, 0.5) is 0 Å². The number of aryl methyl sites for hydroxylation is 1. The van der Waals surface area contributed by atoms with E-state index in [-0.39, 0.29) is 16.4 Å². The standard InChI is InChI=1S/C12H17NO5S2/c1-9-4-3-5-10(6-9)20(16,17)13-11-7-19(14,15)8-12(11)18-2/h3-6,11-13H,7-8H2,1-2H3/t11-,12-/m1/s1. The molecule has 2 rings (SSSR count). The van der Waals surface area contributed by atoms with E-state index in [9.17, 15) is 16.8 Å². The van der Waals surface area contributed by atoms with Crippen molar-refractivity contribution in [2.24, 2.45) is 0 Å². The number of sulfonamides is 1. The molecule has 0 bridgehead atoms. The van der Waals surface area contributed by atoms with Crippen LogP contribution in [0, 0.1) is 6.92 Å². The van der Waals surface area contributed by atoms with E-state index < -0.39 is 32.0 Å². The lowest BCUT2D eigenvalue weighted by Gasteiger charge is -2.18. The number of hydrogen-bond acceptors (Lipinski definition) is 5. The molecule has 0 saturated carbocycles. The molecule has 20 heavy (non-hydrogen) atoms. The number of sulfone groups is 1. The Morgan fingerprint density at radius 1 is 1.30 bits per heavy atom. The molecule has 0 spiro atoms. The number of nitrogens with one attached hydrogen (secondary N) is 1. The minimum Gasteiger partial charge on any atom is -0.379 e. The minimum atomic E-state index is -3.75. The lowest BCUT2D eigenvalue weighted by molar-refractivity contribution is 0.106. The van der Waals surface area contributed by atoms with Gasteiger partial charge in [-0.25, -0.2) is 21.6 Å². The van der Waals surface area contributed by atoms with Gasteiger partial charge in [0, 0.05) is 7.11 Å². The van der Waals surface area contributed by atoms with Gasteiger partial charge in [-0.15, -0.1) is 0 Å². The normalized spacial score (nSPS) is 25.7. The van der Waals surface area contributed by atoms with Crippen molar-refractivity contribution in [3.8, 4) is 0 Å². The van der Waals surface area contributed by atoms with Gasteiger partial charge in [-0.3, -0.25) is 0 Å². The predicted molar refractivity (Wildman–Crippen MR) is 74.7 cm³/mol. The fourth-order valence-corrected chi connectivity index (χ4v) is 5.53. The smallest absolute Gasteiger partial charge is 0.240 e. The van der Waals surface area contributed by atoms with Crippen molar-refractivity contribution in [2.75, 3.05) is 18.6 Å². The van der Waals surface area contributed by atoms with Gasteiger partial charge in [0.1, 0.15) is 0 Å². The molecule has 0 unspecified atom stereocenters. The molecule has 1 N–H and O–H groups in total. The summed E-state index contributed by atoms with van der Waals surface area (Å²) >= 11 is 0. The van der Waals surface area contributed by atoms with Gasteiger partial charge in [-0.05, 0) is 24.6 Å². The summed E-state index contributed by atoms with van der Waals surface area (Å²) in [7, 11) is -5.65. The summed E-state index contributed by atoms with van der Waals surface area (Å²) in [5.74, 6) is -0.402. The SMILES string of the molecule is CO[C@@H]1CS(=O)(=O)C[C@H]1NS(=O)(=O)c1cccc(C)c1. The first-order chi connectivity index (χ1) is 9.23. The van der Waals surface area contributed by atoms with Crippen molar-refractivity contribution in [1.29, 1.82) is 0 Å². The summed E-state index contributed by atoms with van der Waals surface area (Å²) in [6.45, 7) is 1.79. The van der Waals surface area contributed by atoms with Gasteiger partial charge in [0.2, 0.25) is 10.0 Å². The molecule has 6 nitrogen and oxygen atoms in total. The van der Waals surface area contributed by atoms with Crippen LogP contribution in [0.1, 0.15) is 5.56 Å². The molecule has 0 radical (unpaired) electrons. The molecule has 1 heterocycles. The summed E-state index contributed by atoms with van der Waals surface area (Å²) in [5, 5.41) is 0. The lowest BCUT2D eigenvalue weighted by atomic mass is 10.2. The highest BCUT2D eigenvalue weighted by atomic mass is 32.2. The number of ether oxygens (including phenoxy) is 1. The highest BCUT2D eigenvalue weighted by Gasteiger charge is 2.40. The molecule has 0 aromatic heterocycles. The van der Waals surface area contributed by atoms with Crippen LogP contribution in [-0.4, -0.2) is 47.6 Å². The molecule has 2 atom stereocenters. The Hall–Kier alpha value is -0.960. The molecule has 112 valence electrons. The van der Waals surface area contributed by atoms with Crippen LogP contribution >= 0.6 is 0 Å². The third-order valence-electron chi connectivity index (χ3n) is 3.21. The van der Waals surface area contributed by atoms with Gasteiger partial charge in [0.25, 0.3) is 0 Å². The summed E-state index contributed by atoms with van der Waals surface area (Å²) in [5.41, 5.74) is 0.815. The fourth-order valence-electron chi connectivity index (χ4n) is 2.21. The van der Waals surface area contributed by atoms with Gasteiger partial charge >= 0.3 is 0 Å². The van der Waals surface area contributed by atoms with E-state index in [0.717, 1.165) is 5.56 Å². The van der Waals surface area contributed by atoms with Gasteiger partial charge in [0.15, 0.2) is 9.84 Å². The fraction of sp³-hybridized carbons (Fsp3) is 0.500. The molecule has 0 aliphatic carbocycles. The van der Waals surface area contributed by atoms with E-state index >= 15 is 0 Å². The highest BCUT2D eigenvalue weighted by Crippen LogP contribution is 2.19. The lowest BCUT2D eigenvalue weighted by Crippen LogP contribution is -2.43. The highest BCUT2D eigenvalue weighted by molar-refractivity contribution is 7.92. The van der Waals surface area contributed by atoms with Gasteiger partial charge in [-0.1, -0.05) is 12.1 Å². The Morgan fingerprint density at radius 2 is 2.00 bits per heavy atom. The molecular formula is C12H17NO5S2. The Labute approximate surface area is 119 Å². The Bertz CT molecular complexity index is 696. The van der Waals surface area contributed by atoms with Crippen molar-refractivity contribution < 1.29 is 21.6 Å². The molecule has 0 amide bonds. The summed E-state index contributed by atoms with van der Waals surface area (Å²) in [6, 6.07) is 5.68. The van der Waals surface area contributed by atoms with Crippen molar-refractivity contribution in [1.82, 2.24) is 4.72 Å². The maximum Gasteiger partial charge on any atom is 0.240 e. The van der Waals surface area contributed by atoms with Crippen molar-refractivity contribution >= 4 is 19.9 Å². The molecular weight excluding hydrogens is 302 g/mol. The Morgan fingerprint density at radius 3 is 2.60 bits per heavy atom. The largest absolute Gasteiger partial charge is 0.379 e. The van der Waals surface area contributed by atoms with Crippen molar-refractivity contribution in [3.63, 3.8) is 0 Å². The van der Waals surface area contributed by atoms with Crippen LogP contribution in [0.3, 0.4) is 0 Å². The van der Waals surface area contributed by atoms with Crippen molar-refractivity contribution in [3.05, 3.63) is 29.8 Å². The van der Waals surface area contributed by atoms with E-state index in [1.807, 2.05) is 0 Å². The average Bonchev–Trinajstić information content (AvgIpc) is 2.63. The zero-order chi connectivity index (χ0) is 15.0. The predicted octanol–water partition coefficient (Wildman–Crippen LogP) is 0.0853. The van der Waals surface area contributed by atoms with Crippen LogP contribution < -0.4 is 4.72 Å². The van der Waals surface area contributed by atoms with Crippen molar-refractivity contribution in [2.45, 2.75) is 24.0 Å². The monoisotopic (exact) mass is 319 g/mol. The summed E-state index contributed by atoms with van der Waals surface area (Å²) < 4.78 is 55.1. The third-order valence-corrected chi connectivity index (χ3v) is 6.40. The van der Waals surface area contributed by atoms with Gasteiger partial charge in [-0.2, -0.15) is 0 Å². The van der Waals surface area contributed by atoms with Gasteiger partial charge in [0.05, 0.1) is 28.5 Å². The second kappa shape index (κ2) is 5.44. The number of benzene rings is 1. The molecule has 1 saturated heterocycles. The van der Waals surface area contributed by atoms with Crippen LogP contribution in [0.5, 0.6) is 0 Å². The quantitative estimate of drug-likeness (QED) is 0.849. The first-order valence-corrected chi connectivity index (χ1v) is 9.36. The topological polar surface area (TPSA) is 89.5 Å². The third kappa shape index (κ3) is 3.38. The average molecular weight is 319 g/mol. The first kappa shape index (κ1) is 15.4. The van der Waals surface area contributed by atoms with E-state index in [1.54, 1.807) is 19.1 Å². The number of hydrogen-bond donors (Lipinski definition) is 1. The maximum absolute atomic E-state index is 12.3. The molecule has 1 fully saturated rings. The number of rotatable bonds is 4. The molecule has 1 aromatic rings. The summed E-state index contributed by atoms with van der Waals surface area (Å²) in [4.78, 5) is 0.122.